The van der Waals surface area contributed by atoms with Gasteiger partial charge >= 0.3 is 12.1 Å². The van der Waals surface area contributed by atoms with Crippen LogP contribution < -0.4 is 16.0 Å². The van der Waals surface area contributed by atoms with E-state index in [0.29, 0.717) is 19.3 Å². The van der Waals surface area contributed by atoms with Crippen molar-refractivity contribution >= 4 is 23.8 Å². The summed E-state index contributed by atoms with van der Waals surface area (Å²) in [5.41, 5.74) is 2.88. The molecule has 1 aliphatic rings. The van der Waals surface area contributed by atoms with Gasteiger partial charge in [0.25, 0.3) is 0 Å². The smallest absolute Gasteiger partial charge is 0.408 e. The maximum Gasteiger partial charge on any atom is 0.408 e. The number of aryl methyl sites for hydroxylation is 2. The maximum atomic E-state index is 12.5. The predicted molar refractivity (Wildman–Crippen MR) is 129 cm³/mol. The fourth-order valence-corrected chi connectivity index (χ4v) is 3.80. The number of nitrogens with zero attached hydrogens (tertiary/aromatic N) is 1. The fourth-order valence-electron chi connectivity index (χ4n) is 3.80. The third-order valence-electron chi connectivity index (χ3n) is 5.81. The van der Waals surface area contributed by atoms with E-state index in [2.05, 4.69) is 27.0 Å². The number of rotatable bonds is 12. The quantitative estimate of drug-likeness (QED) is 0.306. The molecule has 5 N–H and O–H groups in total. The number of carbonyl (C=O) groups is 3. The van der Waals surface area contributed by atoms with Crippen LogP contribution in [0.3, 0.4) is 0 Å². The highest BCUT2D eigenvalue weighted by Crippen LogP contribution is 2.20. The molecule has 10 nitrogen and oxygen atoms in total. The second-order valence-corrected chi connectivity index (χ2v) is 8.45. The number of benzene rings is 1. The van der Waals surface area contributed by atoms with Gasteiger partial charge in [-0.15, -0.1) is 0 Å². The lowest BCUT2D eigenvalue weighted by atomic mass is 10.00. The van der Waals surface area contributed by atoms with Gasteiger partial charge in [-0.2, -0.15) is 0 Å². The summed E-state index contributed by atoms with van der Waals surface area (Å²) in [7, 11) is 0. The third kappa shape index (κ3) is 8.25. The molecule has 0 bridgehead atoms. The first-order valence-electron chi connectivity index (χ1n) is 11.8. The number of pyridine rings is 1. The van der Waals surface area contributed by atoms with Crippen LogP contribution in [-0.2, 0) is 33.8 Å². The van der Waals surface area contributed by atoms with Crippen LogP contribution in [0.2, 0.25) is 0 Å². The summed E-state index contributed by atoms with van der Waals surface area (Å²) in [5, 5.41) is 27.1. The van der Waals surface area contributed by atoms with Gasteiger partial charge in [0.05, 0.1) is 12.5 Å². The maximum absolute atomic E-state index is 12.5. The topological polar surface area (TPSA) is 150 Å². The van der Waals surface area contributed by atoms with Crippen LogP contribution in [0.4, 0.5) is 10.6 Å². The highest BCUT2D eigenvalue weighted by Gasteiger charge is 2.24. The Kier molecular flexibility index (Phi) is 9.85. The number of carboxylic acids is 1. The number of alkyl carbamates (subject to hydrolysis) is 1. The molecule has 2 heterocycles. The van der Waals surface area contributed by atoms with E-state index in [4.69, 9.17) is 4.74 Å². The zero-order chi connectivity index (χ0) is 25.0. The molecule has 2 atom stereocenters. The number of aliphatic hydroxyl groups is 1. The number of hydrogen-bond acceptors (Lipinski definition) is 7. The molecule has 0 saturated heterocycles. The number of aliphatic hydroxyl groups excluding tert-OH is 1. The van der Waals surface area contributed by atoms with Gasteiger partial charge in [0.2, 0.25) is 5.91 Å². The van der Waals surface area contributed by atoms with E-state index in [1.54, 1.807) is 24.3 Å². The Labute approximate surface area is 204 Å². The molecule has 1 aromatic heterocycles. The number of carboxylic acid groups (broad SMARTS) is 1. The molecule has 1 aliphatic heterocycles. The van der Waals surface area contributed by atoms with Gasteiger partial charge in [0.1, 0.15) is 18.5 Å². The van der Waals surface area contributed by atoms with Gasteiger partial charge in [0, 0.05) is 18.8 Å². The lowest BCUT2D eigenvalue weighted by Gasteiger charge is -2.19. The summed E-state index contributed by atoms with van der Waals surface area (Å²) < 4.78 is 5.04. The first-order chi connectivity index (χ1) is 17.0. The average molecular weight is 485 g/mol. The largest absolute Gasteiger partial charge is 0.480 e. The number of hydrogen-bond donors (Lipinski definition) is 5. The molecule has 188 valence electrons. The Morgan fingerprint density at radius 3 is 2.69 bits per heavy atom. The normalized spacial score (nSPS) is 14.1. The molecule has 0 fully saturated rings. The molecule has 2 aromatic rings. The summed E-state index contributed by atoms with van der Waals surface area (Å²) in [4.78, 5) is 40.6. The molecule has 0 saturated carbocycles. The van der Waals surface area contributed by atoms with Crippen molar-refractivity contribution < 1.29 is 29.3 Å². The minimum atomic E-state index is -1.37. The van der Waals surface area contributed by atoms with E-state index < -0.39 is 29.9 Å². The molecule has 0 aliphatic carbocycles. The van der Waals surface area contributed by atoms with Gasteiger partial charge in [-0.05, 0) is 49.3 Å². The Morgan fingerprint density at radius 2 is 1.94 bits per heavy atom. The number of amides is 2. The summed E-state index contributed by atoms with van der Waals surface area (Å²) in [6, 6.07) is 11.7. The first-order valence-corrected chi connectivity index (χ1v) is 11.8. The van der Waals surface area contributed by atoms with Crippen LogP contribution in [0.15, 0.2) is 42.5 Å². The van der Waals surface area contributed by atoms with Crippen molar-refractivity contribution in [2.75, 3.05) is 25.0 Å². The van der Waals surface area contributed by atoms with E-state index in [0.717, 1.165) is 36.5 Å². The predicted octanol–water partition coefficient (Wildman–Crippen LogP) is 1.87. The van der Waals surface area contributed by atoms with Crippen molar-refractivity contribution in [3.8, 4) is 0 Å². The van der Waals surface area contributed by atoms with Crippen LogP contribution in [0.1, 0.15) is 36.1 Å². The number of nitrogens with one attached hydrogen (secondary N) is 3. The average Bonchev–Trinajstić information content (AvgIpc) is 2.88. The zero-order valence-electron chi connectivity index (χ0n) is 19.5. The second-order valence-electron chi connectivity index (χ2n) is 8.45. The Balaban J connectivity index is 1.41. The monoisotopic (exact) mass is 484 g/mol. The fraction of sp³-hybridized carbons (Fsp3) is 0.440. The number of aliphatic carboxylic acids is 1. The van der Waals surface area contributed by atoms with Crippen molar-refractivity contribution in [2.45, 2.75) is 44.8 Å². The van der Waals surface area contributed by atoms with Crippen molar-refractivity contribution in [3.05, 3.63) is 59.3 Å². The third-order valence-corrected chi connectivity index (χ3v) is 5.81. The van der Waals surface area contributed by atoms with Gasteiger partial charge < -0.3 is 30.9 Å². The summed E-state index contributed by atoms with van der Waals surface area (Å²) in [5.74, 6) is -1.56. The molecule has 2 unspecified atom stereocenters. The molecule has 35 heavy (non-hydrogen) atoms. The molecule has 0 spiro atoms. The zero-order valence-corrected chi connectivity index (χ0v) is 19.5. The Bertz CT molecular complexity index is 1000. The van der Waals surface area contributed by atoms with Crippen LogP contribution >= 0.6 is 0 Å². The number of aromatic nitrogens is 1. The number of anilines is 1. The van der Waals surface area contributed by atoms with Crippen molar-refractivity contribution in [1.82, 2.24) is 15.6 Å². The molecular formula is C25H32N4O6. The standard InChI is InChI=1S/C25H32N4O6/c30-15-19(8-4-10-20-12-11-18-9-5-13-26-22(18)28-20)23(31)27-14-21(24(32)33)29-25(34)35-16-17-6-2-1-3-7-17/h1-3,6-7,11-12,19,21,30H,4-5,8-10,13-16H2,(H,26,28)(H,27,31)(H,29,34)(H,32,33). The van der Waals surface area contributed by atoms with Crippen LogP contribution in [0, 0.1) is 5.92 Å². The van der Waals surface area contributed by atoms with Crippen molar-refractivity contribution in [2.24, 2.45) is 5.92 Å². The number of fused-ring (bicyclic) bond motifs is 1. The highest BCUT2D eigenvalue weighted by molar-refractivity contribution is 5.82. The summed E-state index contributed by atoms with van der Waals surface area (Å²) >= 11 is 0. The van der Waals surface area contributed by atoms with Gasteiger partial charge in [-0.1, -0.05) is 36.4 Å². The Morgan fingerprint density at radius 1 is 1.14 bits per heavy atom. The summed E-state index contributed by atoms with van der Waals surface area (Å²) in [6.45, 7) is 0.207. The van der Waals surface area contributed by atoms with Gasteiger partial charge in [-0.25, -0.2) is 14.6 Å². The van der Waals surface area contributed by atoms with Crippen molar-refractivity contribution in [3.63, 3.8) is 0 Å². The van der Waals surface area contributed by atoms with E-state index in [1.807, 2.05) is 12.1 Å². The van der Waals surface area contributed by atoms with Crippen LogP contribution in [0.5, 0.6) is 0 Å². The molecule has 2 amide bonds. The Hall–Kier alpha value is -3.66. The van der Waals surface area contributed by atoms with Gasteiger partial charge in [0.15, 0.2) is 0 Å². The van der Waals surface area contributed by atoms with Gasteiger partial charge in [-0.3, -0.25) is 4.79 Å². The van der Waals surface area contributed by atoms with Crippen LogP contribution in [-0.4, -0.2) is 58.9 Å². The van der Waals surface area contributed by atoms with E-state index in [1.165, 1.54) is 5.56 Å². The van der Waals surface area contributed by atoms with E-state index >= 15 is 0 Å². The number of carbonyl (C=O) groups excluding carboxylic acids is 2. The molecule has 10 heteroatoms. The second kappa shape index (κ2) is 13.3. The van der Waals surface area contributed by atoms with Crippen LogP contribution in [0.25, 0.3) is 0 Å². The first kappa shape index (κ1) is 26.0. The molecule has 3 rings (SSSR count). The lowest BCUT2D eigenvalue weighted by Crippen LogP contribution is -2.49. The molecular weight excluding hydrogens is 452 g/mol. The number of ether oxygens (including phenoxy) is 1. The van der Waals surface area contributed by atoms with E-state index in [-0.39, 0.29) is 19.8 Å². The minimum Gasteiger partial charge on any atom is -0.480 e. The van der Waals surface area contributed by atoms with E-state index in [9.17, 15) is 24.6 Å². The molecule has 0 radical (unpaired) electrons. The lowest BCUT2D eigenvalue weighted by molar-refractivity contribution is -0.139. The SMILES string of the molecule is O=C(NC(CNC(=O)C(CO)CCCc1ccc2c(n1)NCCC2)C(=O)O)OCc1ccccc1. The minimum absolute atomic E-state index is 0.00685. The highest BCUT2D eigenvalue weighted by atomic mass is 16.5. The molecule has 1 aromatic carbocycles. The summed E-state index contributed by atoms with van der Waals surface area (Å²) in [6.07, 6.45) is 2.91. The van der Waals surface area contributed by atoms with Crippen molar-refractivity contribution in [1.29, 1.82) is 0 Å².